The van der Waals surface area contributed by atoms with Crippen LogP contribution >= 0.6 is 0 Å². The Morgan fingerprint density at radius 2 is 2.00 bits per heavy atom. The molecule has 0 unspecified atom stereocenters. The summed E-state index contributed by atoms with van der Waals surface area (Å²) in [5, 5.41) is 6.61. The molecule has 3 rings (SSSR count). The van der Waals surface area contributed by atoms with E-state index in [1.807, 2.05) is 6.92 Å². The Balaban J connectivity index is 1.96. The second kappa shape index (κ2) is 7.15. The van der Waals surface area contributed by atoms with E-state index in [0.717, 1.165) is 30.7 Å². The van der Waals surface area contributed by atoms with E-state index in [1.54, 1.807) is 12.1 Å². The Bertz CT molecular complexity index is 934. The van der Waals surface area contributed by atoms with E-state index in [1.165, 1.54) is 22.8 Å². The summed E-state index contributed by atoms with van der Waals surface area (Å²) in [4.78, 5) is 16.9. The molecule has 2 heterocycles. The van der Waals surface area contributed by atoms with E-state index in [9.17, 15) is 18.0 Å². The summed E-state index contributed by atoms with van der Waals surface area (Å²) >= 11 is 0. The van der Waals surface area contributed by atoms with Gasteiger partial charge in [-0.05, 0) is 25.0 Å². The van der Waals surface area contributed by atoms with Crippen molar-refractivity contribution in [1.29, 1.82) is 0 Å². The van der Waals surface area contributed by atoms with Crippen molar-refractivity contribution in [2.45, 2.75) is 32.4 Å². The van der Waals surface area contributed by atoms with Gasteiger partial charge in [-0.3, -0.25) is 4.79 Å². The largest absolute Gasteiger partial charge is 0.417 e. The highest BCUT2D eigenvalue weighted by Gasteiger charge is 2.35. The molecule has 8 heteroatoms. The SMILES string of the molecule is CCCCc1cc(NC(=O)c2ccccc2C(F)(F)F)n2nccc2n1. The average molecular weight is 362 g/mol. The number of alkyl halides is 3. The Hall–Kier alpha value is -2.90. The first-order chi connectivity index (χ1) is 12.4. The highest BCUT2D eigenvalue weighted by Crippen LogP contribution is 2.32. The van der Waals surface area contributed by atoms with Crippen LogP contribution < -0.4 is 5.32 Å². The number of rotatable bonds is 5. The number of amides is 1. The monoisotopic (exact) mass is 362 g/mol. The van der Waals surface area contributed by atoms with Crippen LogP contribution in [-0.4, -0.2) is 20.5 Å². The molecule has 3 aromatic rings. The minimum Gasteiger partial charge on any atom is -0.306 e. The summed E-state index contributed by atoms with van der Waals surface area (Å²) < 4.78 is 40.8. The van der Waals surface area contributed by atoms with E-state index in [-0.39, 0.29) is 5.82 Å². The van der Waals surface area contributed by atoms with E-state index in [0.29, 0.717) is 12.1 Å². The van der Waals surface area contributed by atoms with Gasteiger partial charge in [0.2, 0.25) is 0 Å². The second-order valence-electron chi connectivity index (χ2n) is 5.83. The van der Waals surface area contributed by atoms with E-state index < -0.39 is 23.2 Å². The molecule has 26 heavy (non-hydrogen) atoms. The molecule has 0 aliphatic rings. The zero-order chi connectivity index (χ0) is 18.7. The normalized spacial score (nSPS) is 11.7. The first-order valence-corrected chi connectivity index (χ1v) is 8.21. The van der Waals surface area contributed by atoms with Crippen molar-refractivity contribution in [3.8, 4) is 0 Å². The molecule has 0 radical (unpaired) electrons. The summed E-state index contributed by atoms with van der Waals surface area (Å²) in [7, 11) is 0. The van der Waals surface area contributed by atoms with Crippen molar-refractivity contribution in [3.63, 3.8) is 0 Å². The standard InChI is InChI=1S/C18H17F3N4O/c1-2-3-6-12-11-16(25-15(23-12)9-10-22-25)24-17(26)13-7-4-5-8-14(13)18(19,20)21/h4-5,7-11H,2-3,6H2,1H3,(H,24,26). The first-order valence-electron chi connectivity index (χ1n) is 8.21. The van der Waals surface area contributed by atoms with Crippen molar-refractivity contribution in [3.05, 3.63) is 59.4 Å². The number of hydrogen-bond acceptors (Lipinski definition) is 3. The van der Waals surface area contributed by atoms with Gasteiger partial charge in [-0.2, -0.15) is 22.8 Å². The van der Waals surface area contributed by atoms with Gasteiger partial charge in [0.05, 0.1) is 17.3 Å². The Kier molecular flexibility index (Phi) is 4.92. The lowest BCUT2D eigenvalue weighted by atomic mass is 10.1. The van der Waals surface area contributed by atoms with Crippen molar-refractivity contribution >= 4 is 17.4 Å². The summed E-state index contributed by atoms with van der Waals surface area (Å²) in [6, 6.07) is 8.00. The third-order valence-corrected chi connectivity index (χ3v) is 3.92. The van der Waals surface area contributed by atoms with Gasteiger partial charge in [-0.15, -0.1) is 0 Å². The summed E-state index contributed by atoms with van der Waals surface area (Å²) in [5.74, 6) is -0.560. The van der Waals surface area contributed by atoms with Crippen LogP contribution in [0.25, 0.3) is 5.65 Å². The van der Waals surface area contributed by atoms with Crippen molar-refractivity contribution < 1.29 is 18.0 Å². The molecular formula is C18H17F3N4O. The van der Waals surface area contributed by atoms with Crippen LogP contribution in [0.5, 0.6) is 0 Å². The predicted molar refractivity (Wildman–Crippen MR) is 91.0 cm³/mol. The van der Waals surface area contributed by atoms with Crippen LogP contribution in [0.15, 0.2) is 42.6 Å². The van der Waals surface area contributed by atoms with Crippen LogP contribution in [0.1, 0.15) is 41.4 Å². The van der Waals surface area contributed by atoms with Gasteiger partial charge >= 0.3 is 6.18 Å². The number of carbonyl (C=O) groups excluding carboxylic acids is 1. The molecule has 2 aromatic heterocycles. The van der Waals surface area contributed by atoms with Crippen LogP contribution in [-0.2, 0) is 12.6 Å². The van der Waals surface area contributed by atoms with Gasteiger partial charge in [0.25, 0.3) is 5.91 Å². The maximum Gasteiger partial charge on any atom is 0.417 e. The lowest BCUT2D eigenvalue weighted by molar-refractivity contribution is -0.137. The number of nitrogens with zero attached hydrogens (tertiary/aromatic N) is 3. The Morgan fingerprint density at radius 3 is 2.73 bits per heavy atom. The topological polar surface area (TPSA) is 59.3 Å². The maximum absolute atomic E-state index is 13.1. The summed E-state index contributed by atoms with van der Waals surface area (Å²) in [6.45, 7) is 2.05. The third kappa shape index (κ3) is 3.68. The number of unbranched alkanes of at least 4 members (excludes halogenated alkanes) is 1. The van der Waals surface area contributed by atoms with Crippen molar-refractivity contribution in [1.82, 2.24) is 14.6 Å². The quantitative estimate of drug-likeness (QED) is 0.734. The minimum atomic E-state index is -4.61. The van der Waals surface area contributed by atoms with Crippen LogP contribution in [0.2, 0.25) is 0 Å². The Labute approximate surface area is 147 Å². The molecule has 5 nitrogen and oxygen atoms in total. The smallest absolute Gasteiger partial charge is 0.306 e. The number of halogens is 3. The molecule has 0 spiro atoms. The molecule has 0 aliphatic heterocycles. The summed E-state index contributed by atoms with van der Waals surface area (Å²) in [6.07, 6.45) is -0.487. The number of carbonyl (C=O) groups is 1. The van der Waals surface area contributed by atoms with Crippen molar-refractivity contribution in [2.75, 3.05) is 5.32 Å². The molecule has 0 saturated carbocycles. The molecule has 0 fully saturated rings. The third-order valence-electron chi connectivity index (χ3n) is 3.92. The number of fused-ring (bicyclic) bond motifs is 1. The fourth-order valence-electron chi connectivity index (χ4n) is 2.65. The van der Waals surface area contributed by atoms with Crippen LogP contribution in [0.3, 0.4) is 0 Å². The molecule has 136 valence electrons. The van der Waals surface area contributed by atoms with Gasteiger partial charge in [-0.25, -0.2) is 4.98 Å². The van der Waals surface area contributed by atoms with Gasteiger partial charge < -0.3 is 5.32 Å². The fraction of sp³-hybridized carbons (Fsp3) is 0.278. The molecule has 0 aliphatic carbocycles. The highest BCUT2D eigenvalue weighted by molar-refractivity contribution is 6.05. The molecule has 1 N–H and O–H groups in total. The van der Waals surface area contributed by atoms with E-state index in [2.05, 4.69) is 15.4 Å². The van der Waals surface area contributed by atoms with E-state index in [4.69, 9.17) is 0 Å². The minimum absolute atomic E-state index is 0.285. The number of aryl methyl sites for hydroxylation is 1. The number of benzene rings is 1. The fourth-order valence-corrected chi connectivity index (χ4v) is 2.65. The average Bonchev–Trinajstić information content (AvgIpc) is 3.08. The molecule has 0 atom stereocenters. The van der Waals surface area contributed by atoms with Gasteiger partial charge in [0.15, 0.2) is 5.65 Å². The number of anilines is 1. The summed E-state index contributed by atoms with van der Waals surface area (Å²) in [5.41, 5.74) is -0.140. The van der Waals surface area contributed by atoms with Gasteiger partial charge in [0, 0.05) is 17.8 Å². The lowest BCUT2D eigenvalue weighted by Gasteiger charge is -2.13. The Morgan fingerprint density at radius 1 is 1.23 bits per heavy atom. The number of nitrogens with one attached hydrogen (secondary N) is 1. The molecule has 1 aromatic carbocycles. The van der Waals surface area contributed by atoms with E-state index >= 15 is 0 Å². The second-order valence-corrected chi connectivity index (χ2v) is 5.83. The van der Waals surface area contributed by atoms with Crippen molar-refractivity contribution in [2.24, 2.45) is 0 Å². The zero-order valence-electron chi connectivity index (χ0n) is 14.0. The zero-order valence-corrected chi connectivity index (χ0v) is 14.0. The van der Waals surface area contributed by atoms with Crippen LogP contribution in [0, 0.1) is 0 Å². The molecular weight excluding hydrogens is 345 g/mol. The molecule has 0 bridgehead atoms. The highest BCUT2D eigenvalue weighted by atomic mass is 19.4. The van der Waals surface area contributed by atoms with Gasteiger partial charge in [0.1, 0.15) is 5.82 Å². The molecule has 0 saturated heterocycles. The van der Waals surface area contributed by atoms with Gasteiger partial charge in [-0.1, -0.05) is 25.5 Å². The maximum atomic E-state index is 13.1. The number of aromatic nitrogens is 3. The number of hydrogen-bond donors (Lipinski definition) is 1. The lowest BCUT2D eigenvalue weighted by Crippen LogP contribution is -2.20. The first kappa shape index (κ1) is 17.9. The van der Waals surface area contributed by atoms with Crippen LogP contribution in [0.4, 0.5) is 19.0 Å². The predicted octanol–water partition coefficient (Wildman–Crippen LogP) is 4.34. The molecule has 1 amide bonds.